The number of hydrogen-bond donors (Lipinski definition) is 3. The first kappa shape index (κ1) is 22.3. The van der Waals surface area contributed by atoms with Crippen molar-refractivity contribution in [1.29, 1.82) is 0 Å². The molecule has 1 aliphatic rings. The highest BCUT2D eigenvalue weighted by atomic mass is 32.2. The number of amides is 2. The number of rotatable bonds is 10. The number of quaternary nitrogens is 1. The molecule has 1 saturated carbocycles. The molecule has 2 amide bonds. The van der Waals surface area contributed by atoms with Gasteiger partial charge in [-0.15, -0.1) is 0 Å². The van der Waals surface area contributed by atoms with E-state index in [2.05, 4.69) is 10.6 Å². The van der Waals surface area contributed by atoms with Crippen LogP contribution in [0, 0.1) is 6.92 Å². The highest BCUT2D eigenvalue weighted by molar-refractivity contribution is 7.89. The number of sulfonamides is 1. The molecule has 0 aromatic heterocycles. The van der Waals surface area contributed by atoms with Crippen molar-refractivity contribution in [2.45, 2.75) is 44.6 Å². The summed E-state index contributed by atoms with van der Waals surface area (Å²) in [4.78, 5) is 25.1. The van der Waals surface area contributed by atoms with E-state index in [1.54, 1.807) is 33.0 Å². The van der Waals surface area contributed by atoms with Crippen LogP contribution < -0.4 is 15.5 Å². The number of hydrogen-bond acceptors (Lipinski definition) is 4. The maximum absolute atomic E-state index is 12.7. The van der Waals surface area contributed by atoms with Crippen LogP contribution in [-0.2, 0) is 19.6 Å². The molecule has 1 fully saturated rings. The van der Waals surface area contributed by atoms with Crippen molar-refractivity contribution >= 4 is 27.5 Å². The number of nitrogens with one attached hydrogen (secondary N) is 3. The van der Waals surface area contributed by atoms with E-state index in [9.17, 15) is 18.0 Å². The number of aryl methyl sites for hydroxylation is 1. The molecule has 156 valence electrons. The second kappa shape index (κ2) is 9.49. The number of carbonyl (C=O) groups is 2. The molecule has 0 radical (unpaired) electrons. The monoisotopic (exact) mass is 411 g/mol. The van der Waals surface area contributed by atoms with Crippen LogP contribution >= 0.6 is 0 Å². The predicted octanol–water partition coefficient (Wildman–Crippen LogP) is -0.243. The van der Waals surface area contributed by atoms with Crippen LogP contribution in [0.1, 0.15) is 32.3 Å². The highest BCUT2D eigenvalue weighted by Gasteiger charge is 2.25. The van der Waals surface area contributed by atoms with Gasteiger partial charge in [0.05, 0.1) is 11.9 Å². The molecule has 1 unspecified atom stereocenters. The molecule has 9 heteroatoms. The van der Waals surface area contributed by atoms with Gasteiger partial charge < -0.3 is 15.5 Å². The SMILES string of the molecule is CCN(CC)S(=O)(=O)c1ccc(C)c(NC(=O)C[NH+](C)CC(=O)NC2CC2)c1. The van der Waals surface area contributed by atoms with Crippen molar-refractivity contribution in [2.75, 3.05) is 38.5 Å². The predicted molar refractivity (Wildman–Crippen MR) is 108 cm³/mol. The minimum absolute atomic E-state index is 0.0590. The van der Waals surface area contributed by atoms with Crippen LogP contribution in [0.4, 0.5) is 5.69 Å². The Morgan fingerprint density at radius 2 is 1.75 bits per heavy atom. The molecule has 28 heavy (non-hydrogen) atoms. The van der Waals surface area contributed by atoms with Gasteiger partial charge >= 0.3 is 0 Å². The fourth-order valence-electron chi connectivity index (χ4n) is 2.92. The van der Waals surface area contributed by atoms with E-state index >= 15 is 0 Å². The molecule has 1 atom stereocenters. The molecule has 1 aromatic rings. The van der Waals surface area contributed by atoms with Gasteiger partial charge in [-0.25, -0.2) is 8.42 Å². The van der Waals surface area contributed by atoms with Gasteiger partial charge in [-0.3, -0.25) is 9.59 Å². The summed E-state index contributed by atoms with van der Waals surface area (Å²) in [6, 6.07) is 5.03. The maximum atomic E-state index is 12.7. The molecule has 0 heterocycles. The van der Waals surface area contributed by atoms with E-state index in [-0.39, 0.29) is 29.8 Å². The zero-order valence-electron chi connectivity index (χ0n) is 17.0. The van der Waals surface area contributed by atoms with Gasteiger partial charge in [0.1, 0.15) is 0 Å². The lowest BCUT2D eigenvalue weighted by Gasteiger charge is -2.19. The van der Waals surface area contributed by atoms with Gasteiger partial charge in [0.15, 0.2) is 13.1 Å². The Kier molecular flexibility index (Phi) is 7.56. The zero-order chi connectivity index (χ0) is 20.9. The van der Waals surface area contributed by atoms with Gasteiger partial charge in [-0.2, -0.15) is 4.31 Å². The van der Waals surface area contributed by atoms with Crippen LogP contribution in [-0.4, -0.2) is 63.8 Å². The van der Waals surface area contributed by atoms with E-state index < -0.39 is 10.0 Å². The lowest BCUT2D eigenvalue weighted by Crippen LogP contribution is -3.11. The van der Waals surface area contributed by atoms with Crippen LogP contribution in [0.25, 0.3) is 0 Å². The molecule has 0 saturated heterocycles. The van der Waals surface area contributed by atoms with Crippen molar-refractivity contribution < 1.29 is 22.9 Å². The number of likely N-dealkylation sites (N-methyl/N-ethyl adjacent to an activating group) is 1. The van der Waals surface area contributed by atoms with Gasteiger partial charge in [0.2, 0.25) is 10.0 Å². The molecule has 0 aliphatic heterocycles. The Morgan fingerprint density at radius 3 is 2.32 bits per heavy atom. The van der Waals surface area contributed by atoms with E-state index in [1.165, 1.54) is 10.4 Å². The van der Waals surface area contributed by atoms with Crippen LogP contribution in [0.3, 0.4) is 0 Å². The summed E-state index contributed by atoms with van der Waals surface area (Å²) in [6.07, 6.45) is 2.05. The first-order chi connectivity index (χ1) is 13.2. The Balaban J connectivity index is 2.02. The summed E-state index contributed by atoms with van der Waals surface area (Å²) in [5.41, 5.74) is 1.24. The van der Waals surface area contributed by atoms with Crippen LogP contribution in [0.2, 0.25) is 0 Å². The third-order valence-corrected chi connectivity index (χ3v) is 6.74. The first-order valence-corrected chi connectivity index (χ1v) is 11.1. The summed E-state index contributed by atoms with van der Waals surface area (Å²) in [5, 5.41) is 5.68. The average molecular weight is 412 g/mol. The van der Waals surface area contributed by atoms with E-state index in [0.29, 0.717) is 24.8 Å². The summed E-state index contributed by atoms with van der Waals surface area (Å²) < 4.78 is 26.8. The van der Waals surface area contributed by atoms with Gasteiger partial charge in [0.25, 0.3) is 11.8 Å². The number of nitrogens with zero attached hydrogens (tertiary/aromatic N) is 1. The van der Waals surface area contributed by atoms with E-state index in [1.807, 2.05) is 6.92 Å². The Bertz CT molecular complexity index is 817. The summed E-state index contributed by atoms with van der Waals surface area (Å²) in [7, 11) is -1.82. The second-order valence-electron chi connectivity index (χ2n) is 7.27. The molecule has 1 aromatic carbocycles. The van der Waals surface area contributed by atoms with Crippen LogP contribution in [0.15, 0.2) is 23.1 Å². The topological polar surface area (TPSA) is 100 Å². The van der Waals surface area contributed by atoms with Crippen molar-refractivity contribution in [3.63, 3.8) is 0 Å². The molecule has 0 bridgehead atoms. The Hall–Kier alpha value is -1.97. The third kappa shape index (κ3) is 6.02. The average Bonchev–Trinajstić information content (AvgIpc) is 3.40. The van der Waals surface area contributed by atoms with Crippen molar-refractivity contribution in [3.8, 4) is 0 Å². The lowest BCUT2D eigenvalue weighted by molar-refractivity contribution is -0.862. The fraction of sp³-hybridized carbons (Fsp3) is 0.579. The minimum Gasteiger partial charge on any atom is -0.348 e. The first-order valence-electron chi connectivity index (χ1n) is 9.68. The lowest BCUT2D eigenvalue weighted by atomic mass is 10.2. The highest BCUT2D eigenvalue weighted by Crippen LogP contribution is 2.23. The Labute approximate surface area is 167 Å². The van der Waals surface area contributed by atoms with Gasteiger partial charge in [-0.05, 0) is 37.5 Å². The van der Waals surface area contributed by atoms with Crippen molar-refractivity contribution in [2.24, 2.45) is 0 Å². The molecule has 1 aliphatic carbocycles. The summed E-state index contributed by atoms with van der Waals surface area (Å²) in [5.74, 6) is -0.325. The zero-order valence-corrected chi connectivity index (χ0v) is 17.9. The third-order valence-electron chi connectivity index (χ3n) is 4.69. The number of anilines is 1. The van der Waals surface area contributed by atoms with Crippen LogP contribution in [0.5, 0.6) is 0 Å². The quantitative estimate of drug-likeness (QED) is 0.495. The maximum Gasteiger partial charge on any atom is 0.279 e. The molecule has 8 nitrogen and oxygen atoms in total. The summed E-state index contributed by atoms with van der Waals surface area (Å²) in [6.45, 7) is 6.48. The van der Waals surface area contributed by atoms with E-state index in [4.69, 9.17) is 0 Å². The molecule has 3 N–H and O–H groups in total. The van der Waals surface area contributed by atoms with Crippen molar-refractivity contribution in [1.82, 2.24) is 9.62 Å². The normalized spacial score (nSPS) is 15.3. The fourth-order valence-corrected chi connectivity index (χ4v) is 4.41. The smallest absolute Gasteiger partial charge is 0.279 e. The van der Waals surface area contributed by atoms with E-state index in [0.717, 1.165) is 23.3 Å². The summed E-state index contributed by atoms with van der Waals surface area (Å²) >= 11 is 0. The van der Waals surface area contributed by atoms with Gasteiger partial charge in [0, 0.05) is 24.8 Å². The molecule has 2 rings (SSSR count). The van der Waals surface area contributed by atoms with Crippen molar-refractivity contribution in [3.05, 3.63) is 23.8 Å². The molecular weight excluding hydrogens is 380 g/mol. The second-order valence-corrected chi connectivity index (χ2v) is 9.20. The number of benzene rings is 1. The Morgan fingerprint density at radius 1 is 1.14 bits per heavy atom. The van der Waals surface area contributed by atoms with Gasteiger partial charge in [-0.1, -0.05) is 19.9 Å². The minimum atomic E-state index is -3.60. The number of carbonyl (C=O) groups excluding carboxylic acids is 2. The standard InChI is InChI=1S/C19H30N4O4S/c1-5-23(6-2)28(26,27)16-10-7-14(3)17(11-16)21-19(25)13-22(4)12-18(24)20-15-8-9-15/h7,10-11,15H,5-6,8-9,12-13H2,1-4H3,(H,20,24)(H,21,25)/p+1. The molecular formula is C19H31N4O4S+. The largest absolute Gasteiger partial charge is 0.348 e. The molecule has 0 spiro atoms.